The first-order chi connectivity index (χ1) is 13.1. The summed E-state index contributed by atoms with van der Waals surface area (Å²) in [6.45, 7) is 3.15. The van der Waals surface area contributed by atoms with Crippen LogP contribution in [-0.2, 0) is 6.54 Å². The smallest absolute Gasteiger partial charge is 0.253 e. The van der Waals surface area contributed by atoms with E-state index in [2.05, 4.69) is 41.4 Å². The molecule has 0 saturated carbocycles. The van der Waals surface area contributed by atoms with Crippen LogP contribution in [0.4, 0.5) is 0 Å². The number of aryl methyl sites for hydroxylation is 1. The normalized spacial score (nSPS) is 25.2. The van der Waals surface area contributed by atoms with Crippen LogP contribution in [0.25, 0.3) is 0 Å². The Bertz CT molecular complexity index is 790. The summed E-state index contributed by atoms with van der Waals surface area (Å²) in [5, 5.41) is 3.77. The molecule has 4 rings (SSSR count). The zero-order valence-corrected chi connectivity index (χ0v) is 16.6. The first-order valence-corrected chi connectivity index (χ1v) is 10.3. The van der Waals surface area contributed by atoms with Gasteiger partial charge in [0.2, 0.25) is 0 Å². The second-order valence-corrected chi connectivity index (χ2v) is 8.43. The lowest BCUT2D eigenvalue weighted by molar-refractivity contribution is 0.0177. The molecular weight excluding hydrogens is 356 g/mol. The summed E-state index contributed by atoms with van der Waals surface area (Å²) in [6.07, 6.45) is 5.80. The first-order valence-electron chi connectivity index (χ1n) is 9.97. The Hall–Kier alpha value is -1.84. The highest BCUT2D eigenvalue weighted by atomic mass is 35.5. The molecule has 4 heteroatoms. The summed E-state index contributed by atoms with van der Waals surface area (Å²) in [5.41, 5.74) is 3.27. The molecule has 2 heterocycles. The number of nitrogens with zero attached hydrogens (tertiary/aromatic N) is 1. The molecule has 2 unspecified atom stereocenters. The molecule has 1 amide bonds. The minimum Gasteiger partial charge on any atom is -0.349 e. The maximum Gasteiger partial charge on any atom is 0.253 e. The van der Waals surface area contributed by atoms with E-state index in [1.807, 2.05) is 12.1 Å². The minimum absolute atomic E-state index is 0.0457. The Labute approximate surface area is 166 Å². The van der Waals surface area contributed by atoms with Crippen molar-refractivity contribution in [1.82, 2.24) is 10.2 Å². The molecule has 2 aliphatic heterocycles. The predicted octanol–water partition coefficient (Wildman–Crippen LogP) is 4.96. The van der Waals surface area contributed by atoms with Crippen LogP contribution in [0.3, 0.4) is 0 Å². The fraction of sp³-hybridized carbons (Fsp3) is 0.435. The molecule has 0 radical (unpaired) electrons. The van der Waals surface area contributed by atoms with Crippen molar-refractivity contribution in [2.24, 2.45) is 0 Å². The zero-order chi connectivity index (χ0) is 18.8. The van der Waals surface area contributed by atoms with E-state index in [1.54, 1.807) is 12.1 Å². The Morgan fingerprint density at radius 2 is 1.74 bits per heavy atom. The van der Waals surface area contributed by atoms with Gasteiger partial charge >= 0.3 is 0 Å². The standard InChI is InChI=1S/C23H27ClN2O/c1-16-9-11-17(12-10-16)15-26-19-5-4-6-20(26)14-18(13-19)25-23(27)21-7-2-3-8-22(21)24/h2-3,7-12,18-20H,4-6,13-15H2,1H3,(H,25,27). The van der Waals surface area contributed by atoms with Gasteiger partial charge in [-0.3, -0.25) is 9.69 Å². The van der Waals surface area contributed by atoms with Crippen LogP contribution in [0, 0.1) is 6.92 Å². The topological polar surface area (TPSA) is 32.3 Å². The third-order valence-electron chi connectivity index (χ3n) is 6.07. The lowest BCUT2D eigenvalue weighted by Gasteiger charge is -2.49. The van der Waals surface area contributed by atoms with Crippen LogP contribution in [0.15, 0.2) is 48.5 Å². The van der Waals surface area contributed by atoms with Gasteiger partial charge in [0, 0.05) is 24.7 Å². The number of amides is 1. The largest absolute Gasteiger partial charge is 0.349 e. The van der Waals surface area contributed by atoms with Gasteiger partial charge in [0.15, 0.2) is 0 Å². The number of hydrogen-bond donors (Lipinski definition) is 1. The van der Waals surface area contributed by atoms with Gasteiger partial charge in [-0.25, -0.2) is 0 Å². The van der Waals surface area contributed by atoms with E-state index >= 15 is 0 Å². The van der Waals surface area contributed by atoms with Gasteiger partial charge in [-0.1, -0.05) is 60.0 Å². The highest BCUT2D eigenvalue weighted by Gasteiger charge is 2.38. The Morgan fingerprint density at radius 1 is 1.07 bits per heavy atom. The third-order valence-corrected chi connectivity index (χ3v) is 6.39. The summed E-state index contributed by atoms with van der Waals surface area (Å²) in [6, 6.07) is 17.5. The van der Waals surface area contributed by atoms with Crippen molar-refractivity contribution in [3.05, 3.63) is 70.2 Å². The van der Waals surface area contributed by atoms with Crippen molar-refractivity contribution in [2.45, 2.75) is 63.7 Å². The van der Waals surface area contributed by atoms with Gasteiger partial charge in [-0.15, -0.1) is 0 Å². The molecule has 0 aromatic heterocycles. The Kier molecular flexibility index (Phi) is 5.51. The first kappa shape index (κ1) is 18.5. The fourth-order valence-corrected chi connectivity index (χ4v) is 4.89. The summed E-state index contributed by atoms with van der Waals surface area (Å²) in [5.74, 6) is -0.0457. The van der Waals surface area contributed by atoms with Crippen LogP contribution >= 0.6 is 11.6 Å². The number of piperidine rings is 2. The number of halogens is 1. The van der Waals surface area contributed by atoms with Crippen molar-refractivity contribution in [3.63, 3.8) is 0 Å². The van der Waals surface area contributed by atoms with E-state index in [-0.39, 0.29) is 11.9 Å². The molecule has 1 N–H and O–H groups in total. The van der Waals surface area contributed by atoms with Gasteiger partial charge in [-0.05, 0) is 50.3 Å². The molecule has 0 aliphatic carbocycles. The maximum atomic E-state index is 12.6. The second kappa shape index (κ2) is 8.04. The van der Waals surface area contributed by atoms with Crippen molar-refractivity contribution in [3.8, 4) is 0 Å². The van der Waals surface area contributed by atoms with E-state index < -0.39 is 0 Å². The molecule has 2 fully saturated rings. The molecule has 2 bridgehead atoms. The fourth-order valence-electron chi connectivity index (χ4n) is 4.67. The van der Waals surface area contributed by atoms with Gasteiger partial charge < -0.3 is 5.32 Å². The molecule has 2 atom stereocenters. The van der Waals surface area contributed by atoms with Gasteiger partial charge in [0.1, 0.15) is 0 Å². The molecule has 2 saturated heterocycles. The van der Waals surface area contributed by atoms with Crippen molar-refractivity contribution >= 4 is 17.5 Å². The number of hydrogen-bond acceptors (Lipinski definition) is 2. The van der Waals surface area contributed by atoms with E-state index in [9.17, 15) is 4.79 Å². The summed E-state index contributed by atoms with van der Waals surface area (Å²) in [4.78, 5) is 15.3. The van der Waals surface area contributed by atoms with Crippen molar-refractivity contribution in [1.29, 1.82) is 0 Å². The molecule has 2 aromatic rings. The molecule has 27 heavy (non-hydrogen) atoms. The quantitative estimate of drug-likeness (QED) is 0.810. The molecular formula is C23H27ClN2O. The van der Waals surface area contributed by atoms with Crippen LogP contribution < -0.4 is 5.32 Å². The predicted molar refractivity (Wildman–Crippen MR) is 110 cm³/mol. The summed E-state index contributed by atoms with van der Waals surface area (Å²) in [7, 11) is 0. The van der Waals surface area contributed by atoms with Crippen LogP contribution in [0.5, 0.6) is 0 Å². The average molecular weight is 383 g/mol. The number of benzene rings is 2. The average Bonchev–Trinajstić information content (AvgIpc) is 2.64. The van der Waals surface area contributed by atoms with Gasteiger partial charge in [0.05, 0.1) is 10.6 Å². The number of rotatable bonds is 4. The zero-order valence-electron chi connectivity index (χ0n) is 15.8. The monoisotopic (exact) mass is 382 g/mol. The van der Waals surface area contributed by atoms with Gasteiger partial charge in [0.25, 0.3) is 5.91 Å². The molecule has 2 aromatic carbocycles. The highest BCUT2D eigenvalue weighted by Crippen LogP contribution is 2.35. The molecule has 0 spiro atoms. The van der Waals surface area contributed by atoms with E-state index in [0.717, 1.165) is 19.4 Å². The number of fused-ring (bicyclic) bond motifs is 2. The lowest BCUT2D eigenvalue weighted by atomic mass is 9.81. The summed E-state index contributed by atoms with van der Waals surface area (Å²) >= 11 is 6.19. The minimum atomic E-state index is -0.0457. The highest BCUT2D eigenvalue weighted by molar-refractivity contribution is 6.33. The van der Waals surface area contributed by atoms with Gasteiger partial charge in [-0.2, -0.15) is 0 Å². The van der Waals surface area contributed by atoms with Crippen LogP contribution in [0.2, 0.25) is 5.02 Å². The van der Waals surface area contributed by atoms with E-state index in [1.165, 1.54) is 30.4 Å². The second-order valence-electron chi connectivity index (χ2n) is 8.02. The van der Waals surface area contributed by atoms with Crippen LogP contribution in [-0.4, -0.2) is 28.9 Å². The number of carbonyl (C=O) groups excluding carboxylic acids is 1. The third kappa shape index (κ3) is 4.20. The van der Waals surface area contributed by atoms with Crippen LogP contribution in [0.1, 0.15) is 53.6 Å². The molecule has 2 aliphatic rings. The van der Waals surface area contributed by atoms with Crippen molar-refractivity contribution in [2.75, 3.05) is 0 Å². The Morgan fingerprint density at radius 3 is 2.41 bits per heavy atom. The van der Waals surface area contributed by atoms with E-state index in [4.69, 9.17) is 11.6 Å². The van der Waals surface area contributed by atoms with E-state index in [0.29, 0.717) is 22.7 Å². The maximum absolute atomic E-state index is 12.6. The Balaban J connectivity index is 1.42. The van der Waals surface area contributed by atoms with Crippen molar-refractivity contribution < 1.29 is 4.79 Å². The molecule has 3 nitrogen and oxygen atoms in total. The molecule has 142 valence electrons. The lowest BCUT2D eigenvalue weighted by Crippen LogP contribution is -2.56. The SMILES string of the molecule is Cc1ccc(CN2C3CCCC2CC(NC(=O)c2ccccc2Cl)C3)cc1. The summed E-state index contributed by atoms with van der Waals surface area (Å²) < 4.78 is 0. The number of carbonyl (C=O) groups is 1. The number of nitrogens with one attached hydrogen (secondary N) is 1.